The highest BCUT2D eigenvalue weighted by molar-refractivity contribution is 5.84. The van der Waals surface area contributed by atoms with Gasteiger partial charge in [-0.1, -0.05) is 12.1 Å². The van der Waals surface area contributed by atoms with E-state index in [2.05, 4.69) is 17.4 Å². The summed E-state index contributed by atoms with van der Waals surface area (Å²) in [6.45, 7) is 1.80. The smallest absolute Gasteiger partial charge is 0.241 e. The van der Waals surface area contributed by atoms with E-state index in [1.807, 2.05) is 17.0 Å². The molecule has 0 spiro atoms. The van der Waals surface area contributed by atoms with Gasteiger partial charge in [-0.2, -0.15) is 0 Å². The lowest BCUT2D eigenvalue weighted by molar-refractivity contribution is -0.133. The van der Waals surface area contributed by atoms with Crippen molar-refractivity contribution in [3.8, 4) is 5.75 Å². The lowest BCUT2D eigenvalue weighted by Crippen LogP contribution is -2.42. The Hall–Kier alpha value is -2.04. The van der Waals surface area contributed by atoms with Crippen molar-refractivity contribution in [2.75, 3.05) is 26.7 Å². The molecule has 24 heavy (non-hydrogen) atoms. The molecular formula is C19H28N2O3. The number of hydrogen-bond acceptors (Lipinski definition) is 3. The van der Waals surface area contributed by atoms with E-state index in [4.69, 9.17) is 4.74 Å². The number of amides is 2. The van der Waals surface area contributed by atoms with E-state index < -0.39 is 0 Å². The third-order valence-electron chi connectivity index (χ3n) is 4.42. The standard InChI is InChI=1S/C19H28N2O3/c1-24-17-11-9-16(10-12-17)7-3-4-8-18(22)20-15-19(23)21-13-5-2-6-14-21/h9-12H,2-8,13-15H2,1H3,(H,20,22). The number of nitrogens with zero attached hydrogens (tertiary/aromatic N) is 1. The number of carbonyl (C=O) groups excluding carboxylic acids is 2. The van der Waals surface area contributed by atoms with Gasteiger partial charge in [-0.3, -0.25) is 9.59 Å². The van der Waals surface area contributed by atoms with E-state index in [1.165, 1.54) is 12.0 Å². The van der Waals surface area contributed by atoms with Crippen LogP contribution in [0.5, 0.6) is 5.75 Å². The van der Waals surface area contributed by atoms with Crippen molar-refractivity contribution < 1.29 is 14.3 Å². The van der Waals surface area contributed by atoms with Crippen molar-refractivity contribution in [2.45, 2.75) is 44.9 Å². The van der Waals surface area contributed by atoms with E-state index in [1.54, 1.807) is 7.11 Å². The van der Waals surface area contributed by atoms with Crippen LogP contribution in [0.15, 0.2) is 24.3 Å². The minimum Gasteiger partial charge on any atom is -0.497 e. The SMILES string of the molecule is COc1ccc(CCCCC(=O)NCC(=O)N2CCCCC2)cc1. The average Bonchev–Trinajstić information content (AvgIpc) is 2.64. The summed E-state index contributed by atoms with van der Waals surface area (Å²) in [5, 5.41) is 2.75. The average molecular weight is 332 g/mol. The molecule has 0 radical (unpaired) electrons. The summed E-state index contributed by atoms with van der Waals surface area (Å²) in [5.74, 6) is 0.868. The fourth-order valence-electron chi connectivity index (χ4n) is 2.92. The number of piperidine rings is 1. The second-order valence-electron chi connectivity index (χ2n) is 6.27. The summed E-state index contributed by atoms with van der Waals surface area (Å²) in [7, 11) is 1.66. The summed E-state index contributed by atoms with van der Waals surface area (Å²) in [5.41, 5.74) is 1.25. The van der Waals surface area contributed by atoms with Gasteiger partial charge in [0.05, 0.1) is 13.7 Å². The van der Waals surface area contributed by atoms with Crippen LogP contribution in [0.1, 0.15) is 44.1 Å². The lowest BCUT2D eigenvalue weighted by atomic mass is 10.1. The molecule has 0 saturated carbocycles. The fraction of sp³-hybridized carbons (Fsp3) is 0.579. The van der Waals surface area contributed by atoms with E-state index in [9.17, 15) is 9.59 Å². The Kier molecular flexibility index (Phi) is 7.59. The number of unbranched alkanes of at least 4 members (excludes halogenated alkanes) is 1. The van der Waals surface area contributed by atoms with E-state index in [0.29, 0.717) is 6.42 Å². The molecule has 0 bridgehead atoms. The lowest BCUT2D eigenvalue weighted by Gasteiger charge is -2.26. The number of benzene rings is 1. The van der Waals surface area contributed by atoms with Crippen molar-refractivity contribution >= 4 is 11.8 Å². The van der Waals surface area contributed by atoms with Crippen LogP contribution in [0.25, 0.3) is 0 Å². The third-order valence-corrected chi connectivity index (χ3v) is 4.42. The normalized spacial score (nSPS) is 14.3. The maximum Gasteiger partial charge on any atom is 0.241 e. The molecule has 1 aromatic carbocycles. The largest absolute Gasteiger partial charge is 0.497 e. The van der Waals surface area contributed by atoms with Gasteiger partial charge in [0.15, 0.2) is 0 Å². The van der Waals surface area contributed by atoms with Crippen LogP contribution in [0.4, 0.5) is 0 Å². The minimum absolute atomic E-state index is 0.0323. The van der Waals surface area contributed by atoms with E-state index in [0.717, 1.165) is 50.9 Å². The summed E-state index contributed by atoms with van der Waals surface area (Å²) >= 11 is 0. The van der Waals surface area contributed by atoms with Gasteiger partial charge >= 0.3 is 0 Å². The molecule has 1 aromatic rings. The Labute approximate surface area is 144 Å². The molecular weight excluding hydrogens is 304 g/mol. The summed E-state index contributed by atoms with van der Waals surface area (Å²) in [6.07, 6.45) is 6.56. The predicted molar refractivity (Wildman–Crippen MR) is 94.0 cm³/mol. The molecule has 0 aliphatic carbocycles. The van der Waals surface area contributed by atoms with Crippen LogP contribution in [0.3, 0.4) is 0 Å². The molecule has 2 amide bonds. The minimum atomic E-state index is -0.0323. The Morgan fingerprint density at radius 3 is 2.46 bits per heavy atom. The van der Waals surface area contributed by atoms with Crippen molar-refractivity contribution in [3.05, 3.63) is 29.8 Å². The fourth-order valence-corrected chi connectivity index (χ4v) is 2.92. The van der Waals surface area contributed by atoms with Crippen molar-refractivity contribution in [2.24, 2.45) is 0 Å². The van der Waals surface area contributed by atoms with E-state index in [-0.39, 0.29) is 18.4 Å². The van der Waals surface area contributed by atoms with Gasteiger partial charge in [0.1, 0.15) is 5.75 Å². The molecule has 1 aliphatic heterocycles. The van der Waals surface area contributed by atoms with Gasteiger partial charge in [0.2, 0.25) is 11.8 Å². The Morgan fingerprint density at radius 1 is 1.08 bits per heavy atom. The number of hydrogen-bond donors (Lipinski definition) is 1. The van der Waals surface area contributed by atoms with Gasteiger partial charge in [-0.05, 0) is 56.2 Å². The summed E-state index contributed by atoms with van der Waals surface area (Å²) in [4.78, 5) is 25.7. The van der Waals surface area contributed by atoms with Gasteiger partial charge < -0.3 is 15.0 Å². The molecule has 2 rings (SSSR count). The number of nitrogens with one attached hydrogen (secondary N) is 1. The summed E-state index contributed by atoms with van der Waals surface area (Å²) in [6, 6.07) is 8.01. The number of ether oxygens (including phenoxy) is 1. The highest BCUT2D eigenvalue weighted by atomic mass is 16.5. The molecule has 1 saturated heterocycles. The molecule has 1 N–H and O–H groups in total. The maximum atomic E-state index is 12.0. The number of rotatable bonds is 8. The molecule has 0 unspecified atom stereocenters. The molecule has 5 heteroatoms. The van der Waals surface area contributed by atoms with Crippen LogP contribution in [-0.2, 0) is 16.0 Å². The first-order valence-corrected chi connectivity index (χ1v) is 8.86. The first-order chi connectivity index (χ1) is 11.7. The Morgan fingerprint density at radius 2 is 1.79 bits per heavy atom. The van der Waals surface area contributed by atoms with Crippen LogP contribution in [0.2, 0.25) is 0 Å². The molecule has 132 valence electrons. The van der Waals surface area contributed by atoms with Crippen molar-refractivity contribution in [1.82, 2.24) is 10.2 Å². The molecule has 0 atom stereocenters. The van der Waals surface area contributed by atoms with Crippen LogP contribution in [-0.4, -0.2) is 43.5 Å². The van der Waals surface area contributed by atoms with Crippen molar-refractivity contribution in [3.63, 3.8) is 0 Å². The topological polar surface area (TPSA) is 58.6 Å². The molecule has 1 aliphatic rings. The van der Waals surface area contributed by atoms with Crippen molar-refractivity contribution in [1.29, 1.82) is 0 Å². The number of likely N-dealkylation sites (tertiary alicyclic amines) is 1. The van der Waals surface area contributed by atoms with E-state index >= 15 is 0 Å². The number of carbonyl (C=O) groups is 2. The van der Waals surface area contributed by atoms with Crippen LogP contribution >= 0.6 is 0 Å². The first kappa shape index (κ1) is 18.3. The molecule has 5 nitrogen and oxygen atoms in total. The molecule has 1 heterocycles. The highest BCUT2D eigenvalue weighted by Gasteiger charge is 2.16. The van der Waals surface area contributed by atoms with Crippen LogP contribution < -0.4 is 10.1 Å². The quantitative estimate of drug-likeness (QED) is 0.744. The van der Waals surface area contributed by atoms with Gasteiger partial charge in [-0.15, -0.1) is 0 Å². The Balaban J connectivity index is 1.56. The summed E-state index contributed by atoms with van der Waals surface area (Å²) < 4.78 is 5.13. The molecule has 0 aromatic heterocycles. The zero-order valence-corrected chi connectivity index (χ0v) is 14.6. The maximum absolute atomic E-state index is 12.0. The predicted octanol–water partition coefficient (Wildman–Crippen LogP) is 2.54. The Bertz CT molecular complexity index is 522. The molecule has 1 fully saturated rings. The monoisotopic (exact) mass is 332 g/mol. The third kappa shape index (κ3) is 6.22. The van der Waals surface area contributed by atoms with Crippen LogP contribution in [0, 0.1) is 0 Å². The zero-order chi connectivity index (χ0) is 17.2. The zero-order valence-electron chi connectivity index (χ0n) is 14.6. The van der Waals surface area contributed by atoms with Gasteiger partial charge in [0.25, 0.3) is 0 Å². The second-order valence-corrected chi connectivity index (χ2v) is 6.27. The number of methoxy groups -OCH3 is 1. The second kappa shape index (κ2) is 9.96. The highest BCUT2D eigenvalue weighted by Crippen LogP contribution is 2.13. The van der Waals surface area contributed by atoms with Gasteiger partial charge in [-0.25, -0.2) is 0 Å². The first-order valence-electron chi connectivity index (χ1n) is 8.86. The number of aryl methyl sites for hydroxylation is 1. The van der Waals surface area contributed by atoms with Gasteiger partial charge in [0, 0.05) is 19.5 Å².